The summed E-state index contributed by atoms with van der Waals surface area (Å²) in [6.45, 7) is 7.45. The van der Waals surface area contributed by atoms with Crippen molar-refractivity contribution >= 4 is 0 Å². The molecule has 10 heavy (non-hydrogen) atoms. The molecule has 0 radical (unpaired) electrons. The molecule has 1 rings (SSSR count). The maximum atomic E-state index is 9.34. The Labute approximate surface area is 62.8 Å². The van der Waals surface area contributed by atoms with Crippen LogP contribution in [0, 0.1) is 5.92 Å². The van der Waals surface area contributed by atoms with E-state index in [1.54, 1.807) is 0 Å². The van der Waals surface area contributed by atoms with Gasteiger partial charge in [-0.05, 0) is 18.9 Å². The summed E-state index contributed by atoms with van der Waals surface area (Å²) in [6.07, 6.45) is 0.903. The quantitative estimate of drug-likeness (QED) is 0.584. The zero-order valence-electron chi connectivity index (χ0n) is 6.88. The Morgan fingerprint density at radius 2 is 2.20 bits per heavy atom. The Morgan fingerprint density at radius 1 is 1.50 bits per heavy atom. The topological polar surface area (TPSA) is 23.5 Å². The van der Waals surface area contributed by atoms with Gasteiger partial charge in [0.25, 0.3) is 0 Å². The number of rotatable bonds is 1. The number of nitrogens with zero attached hydrogens (tertiary/aromatic N) is 1. The Kier molecular flexibility index (Phi) is 2.69. The number of likely N-dealkylation sites (N-methyl/N-ethyl adjacent to an activating group) is 1. The summed E-state index contributed by atoms with van der Waals surface area (Å²) in [5, 5.41) is 9.34. The van der Waals surface area contributed by atoms with Crippen LogP contribution in [0.3, 0.4) is 0 Å². The smallest absolute Gasteiger partial charge is 0.0670 e. The molecule has 0 bridgehead atoms. The predicted molar refractivity (Wildman–Crippen MR) is 41.9 cm³/mol. The Hall–Kier alpha value is -0.0800. The maximum absolute atomic E-state index is 9.34. The molecule has 1 aliphatic rings. The maximum Gasteiger partial charge on any atom is 0.0670 e. The highest BCUT2D eigenvalue weighted by atomic mass is 16.3. The molecule has 0 aliphatic carbocycles. The van der Waals surface area contributed by atoms with Crippen LogP contribution in [0.25, 0.3) is 0 Å². The minimum Gasteiger partial charge on any atom is -0.392 e. The molecule has 2 nitrogen and oxygen atoms in total. The normalized spacial score (nSPS) is 36.3. The first-order chi connectivity index (χ1) is 4.72. The molecule has 0 saturated carbocycles. The van der Waals surface area contributed by atoms with Crippen LogP contribution in [0.1, 0.15) is 20.3 Å². The molecule has 1 N–H and O–H groups in total. The molecule has 1 fully saturated rings. The lowest BCUT2D eigenvalue weighted by atomic mass is 9.98. The van der Waals surface area contributed by atoms with Gasteiger partial charge in [-0.3, -0.25) is 0 Å². The van der Waals surface area contributed by atoms with E-state index in [1.165, 1.54) is 0 Å². The van der Waals surface area contributed by atoms with Crippen molar-refractivity contribution in [3.8, 4) is 0 Å². The molecule has 2 atom stereocenters. The average molecular weight is 143 g/mol. The molecule has 60 valence electrons. The van der Waals surface area contributed by atoms with Crippen LogP contribution >= 0.6 is 0 Å². The molecule has 1 aliphatic heterocycles. The van der Waals surface area contributed by atoms with Gasteiger partial charge in [-0.25, -0.2) is 0 Å². The van der Waals surface area contributed by atoms with Crippen LogP contribution in [-0.2, 0) is 0 Å². The van der Waals surface area contributed by atoms with Gasteiger partial charge in [-0.2, -0.15) is 0 Å². The minimum atomic E-state index is -0.0799. The second-order valence-electron chi connectivity index (χ2n) is 3.35. The Balaban J connectivity index is 2.35. The van der Waals surface area contributed by atoms with Crippen LogP contribution in [-0.4, -0.2) is 35.7 Å². The summed E-state index contributed by atoms with van der Waals surface area (Å²) in [6, 6.07) is 0. The molecule has 0 spiro atoms. The van der Waals surface area contributed by atoms with Crippen LogP contribution in [0.4, 0.5) is 0 Å². The number of hydrogen-bond acceptors (Lipinski definition) is 2. The van der Waals surface area contributed by atoms with Crippen molar-refractivity contribution in [2.24, 2.45) is 5.92 Å². The first-order valence-corrected chi connectivity index (χ1v) is 4.12. The fourth-order valence-electron chi connectivity index (χ4n) is 1.69. The highest BCUT2D eigenvalue weighted by Gasteiger charge is 2.21. The zero-order chi connectivity index (χ0) is 7.56. The van der Waals surface area contributed by atoms with Gasteiger partial charge in [0.05, 0.1) is 6.10 Å². The van der Waals surface area contributed by atoms with Crippen molar-refractivity contribution in [1.29, 1.82) is 0 Å². The van der Waals surface area contributed by atoms with Gasteiger partial charge in [-0.15, -0.1) is 0 Å². The van der Waals surface area contributed by atoms with E-state index in [0.29, 0.717) is 5.92 Å². The third kappa shape index (κ3) is 1.96. The van der Waals surface area contributed by atoms with E-state index >= 15 is 0 Å². The molecule has 2 heteroatoms. The fraction of sp³-hybridized carbons (Fsp3) is 1.00. The summed E-state index contributed by atoms with van der Waals surface area (Å²) in [5.74, 6) is 0.670. The summed E-state index contributed by atoms with van der Waals surface area (Å²) in [4.78, 5) is 2.30. The van der Waals surface area contributed by atoms with E-state index in [0.717, 1.165) is 26.1 Å². The Bertz CT molecular complexity index is 95.4. The lowest BCUT2D eigenvalue weighted by Gasteiger charge is -2.33. The van der Waals surface area contributed by atoms with E-state index < -0.39 is 0 Å². The molecule has 0 unspecified atom stereocenters. The first kappa shape index (κ1) is 8.02. The number of likely N-dealkylation sites (tertiary alicyclic amines) is 1. The van der Waals surface area contributed by atoms with Crippen LogP contribution in [0.2, 0.25) is 0 Å². The van der Waals surface area contributed by atoms with Crippen molar-refractivity contribution in [2.75, 3.05) is 19.6 Å². The van der Waals surface area contributed by atoms with Gasteiger partial charge >= 0.3 is 0 Å². The van der Waals surface area contributed by atoms with Gasteiger partial charge in [0.1, 0.15) is 0 Å². The monoisotopic (exact) mass is 143 g/mol. The molecule has 0 aromatic rings. The van der Waals surface area contributed by atoms with Gasteiger partial charge in [0.2, 0.25) is 0 Å². The predicted octanol–water partition coefficient (Wildman–Crippen LogP) is 0.709. The van der Waals surface area contributed by atoms with E-state index in [4.69, 9.17) is 0 Å². The van der Waals surface area contributed by atoms with Crippen molar-refractivity contribution < 1.29 is 5.11 Å². The van der Waals surface area contributed by atoms with Gasteiger partial charge in [0, 0.05) is 13.1 Å². The number of hydrogen-bond donors (Lipinski definition) is 1. The second kappa shape index (κ2) is 3.35. The Morgan fingerprint density at radius 3 is 2.70 bits per heavy atom. The minimum absolute atomic E-state index is 0.0799. The molecule has 1 saturated heterocycles. The van der Waals surface area contributed by atoms with Crippen molar-refractivity contribution in [3.05, 3.63) is 0 Å². The summed E-state index contributed by atoms with van der Waals surface area (Å²) in [7, 11) is 0. The highest BCUT2D eigenvalue weighted by molar-refractivity contribution is 4.75. The lowest BCUT2D eigenvalue weighted by molar-refractivity contribution is 0.0476. The van der Waals surface area contributed by atoms with Crippen molar-refractivity contribution in [3.63, 3.8) is 0 Å². The third-order valence-corrected chi connectivity index (χ3v) is 2.16. The molecule has 0 amide bonds. The number of aliphatic hydroxyl groups excluding tert-OH is 1. The molecule has 0 aromatic carbocycles. The summed E-state index contributed by atoms with van der Waals surface area (Å²) in [5.41, 5.74) is 0. The lowest BCUT2D eigenvalue weighted by Crippen LogP contribution is -2.41. The van der Waals surface area contributed by atoms with E-state index in [-0.39, 0.29) is 6.10 Å². The van der Waals surface area contributed by atoms with E-state index in [1.807, 2.05) is 0 Å². The molecular weight excluding hydrogens is 126 g/mol. The summed E-state index contributed by atoms with van der Waals surface area (Å²) < 4.78 is 0. The van der Waals surface area contributed by atoms with Crippen LogP contribution in [0.5, 0.6) is 0 Å². The number of β-amino-alcohol motifs (C(OH)–C–C–N with tert-alkyl or cyclic N) is 1. The van der Waals surface area contributed by atoms with Gasteiger partial charge < -0.3 is 10.0 Å². The van der Waals surface area contributed by atoms with Crippen molar-refractivity contribution in [1.82, 2.24) is 4.90 Å². The van der Waals surface area contributed by atoms with Crippen LogP contribution < -0.4 is 0 Å². The van der Waals surface area contributed by atoms with Crippen LogP contribution in [0.15, 0.2) is 0 Å². The summed E-state index contributed by atoms with van der Waals surface area (Å²) >= 11 is 0. The van der Waals surface area contributed by atoms with E-state index in [2.05, 4.69) is 18.7 Å². The molecule has 1 heterocycles. The van der Waals surface area contributed by atoms with Gasteiger partial charge in [-0.1, -0.05) is 13.8 Å². The van der Waals surface area contributed by atoms with Crippen molar-refractivity contribution in [2.45, 2.75) is 26.4 Å². The number of aliphatic hydroxyl groups is 1. The highest BCUT2D eigenvalue weighted by Crippen LogP contribution is 2.15. The number of piperidine rings is 1. The fourth-order valence-corrected chi connectivity index (χ4v) is 1.69. The standard InChI is InChI=1S/C8H17NO/c1-3-9-5-7(2)4-8(10)6-9/h7-8,10H,3-6H2,1-2H3/t7-,8-/m1/s1. The van der Waals surface area contributed by atoms with Gasteiger partial charge in [0.15, 0.2) is 0 Å². The molecule has 0 aromatic heterocycles. The SMILES string of the molecule is CCN1C[C@H](C)C[C@@H](O)C1. The first-order valence-electron chi connectivity index (χ1n) is 4.12. The second-order valence-corrected chi connectivity index (χ2v) is 3.35. The molecular formula is C8H17NO. The van der Waals surface area contributed by atoms with E-state index in [9.17, 15) is 5.11 Å². The zero-order valence-corrected chi connectivity index (χ0v) is 6.88. The average Bonchev–Trinajstić information content (AvgIpc) is 1.85. The largest absolute Gasteiger partial charge is 0.392 e. The third-order valence-electron chi connectivity index (χ3n) is 2.16.